The molecule has 222 valence electrons. The van der Waals surface area contributed by atoms with Crippen LogP contribution in [0.25, 0.3) is 31.3 Å². The third-order valence-corrected chi connectivity index (χ3v) is 10.5. The molecule has 1 aliphatic carbocycles. The van der Waals surface area contributed by atoms with Crippen molar-refractivity contribution >= 4 is 89.2 Å². The van der Waals surface area contributed by atoms with Gasteiger partial charge in [-0.3, -0.25) is 9.98 Å². The molecule has 7 rings (SSSR count). The van der Waals surface area contributed by atoms with E-state index in [4.69, 9.17) is 4.99 Å². The van der Waals surface area contributed by atoms with E-state index in [0.29, 0.717) is 0 Å². The number of fused-ring (bicyclic) bond motifs is 2. The van der Waals surface area contributed by atoms with Crippen LogP contribution in [-0.2, 0) is 0 Å². The van der Waals surface area contributed by atoms with E-state index in [1.54, 1.807) is 17.4 Å². The average Bonchev–Trinajstić information content (AvgIpc) is 3.73. The Morgan fingerprint density at radius 3 is 1.67 bits per heavy atom. The highest BCUT2D eigenvalue weighted by molar-refractivity contribution is 7.19. The van der Waals surface area contributed by atoms with E-state index in [1.807, 2.05) is 84.3 Å². The fourth-order valence-corrected chi connectivity index (χ4v) is 8.64. The Morgan fingerprint density at radius 1 is 0.578 bits per heavy atom. The molecule has 2 aromatic heterocycles. The van der Waals surface area contributed by atoms with Crippen molar-refractivity contribution in [1.29, 1.82) is 0 Å². The fraction of sp³-hybridized carbons (Fsp3) is 0.179. The van der Waals surface area contributed by atoms with Crippen LogP contribution in [0.4, 0.5) is 22.7 Å². The summed E-state index contributed by atoms with van der Waals surface area (Å²) in [5.74, 6) is 0. The minimum Gasteiger partial charge on any atom is -0.262 e. The molecular weight excluding hydrogens is 589 g/mol. The molecule has 1 aliphatic rings. The fourth-order valence-electron chi connectivity index (χ4n) is 6.31. The van der Waals surface area contributed by atoms with Crippen LogP contribution in [-0.4, -0.2) is 12.4 Å². The molecule has 45 heavy (non-hydrogen) atoms. The van der Waals surface area contributed by atoms with Crippen molar-refractivity contribution in [3.8, 4) is 0 Å². The van der Waals surface area contributed by atoms with Crippen LogP contribution in [0.2, 0.25) is 0 Å². The highest BCUT2D eigenvalue weighted by Gasteiger charge is 2.25. The molecule has 0 saturated carbocycles. The summed E-state index contributed by atoms with van der Waals surface area (Å²) in [6.07, 6.45) is 7.24. The van der Waals surface area contributed by atoms with Crippen LogP contribution in [0.15, 0.2) is 105 Å². The van der Waals surface area contributed by atoms with E-state index < -0.39 is 0 Å². The summed E-state index contributed by atoms with van der Waals surface area (Å²) in [6, 6.07) is 29.2. The predicted molar refractivity (Wildman–Crippen MR) is 197 cm³/mol. The van der Waals surface area contributed by atoms with Crippen LogP contribution in [0, 0.1) is 20.8 Å². The number of benzene rings is 4. The summed E-state index contributed by atoms with van der Waals surface area (Å²) >= 11 is 3.83. The predicted octanol–water partition coefficient (Wildman–Crippen LogP) is 13.0. The third kappa shape index (κ3) is 5.96. The second-order valence-electron chi connectivity index (χ2n) is 11.5. The van der Waals surface area contributed by atoms with Crippen molar-refractivity contribution in [3.05, 3.63) is 117 Å². The first-order valence-corrected chi connectivity index (χ1v) is 17.0. The Morgan fingerprint density at radius 2 is 1.09 bits per heavy atom. The number of allylic oxidation sites excluding steroid dienone is 2. The van der Waals surface area contributed by atoms with Gasteiger partial charge in [0.2, 0.25) is 0 Å². The summed E-state index contributed by atoms with van der Waals surface area (Å²) in [5.41, 5.74) is 11.8. The van der Waals surface area contributed by atoms with Crippen molar-refractivity contribution in [2.75, 3.05) is 0 Å². The number of azo groups is 1. The van der Waals surface area contributed by atoms with Gasteiger partial charge in [0.05, 0.1) is 22.7 Å². The van der Waals surface area contributed by atoms with Gasteiger partial charge >= 0.3 is 0 Å². The lowest BCUT2D eigenvalue weighted by Crippen LogP contribution is -1.89. The zero-order valence-corrected chi connectivity index (χ0v) is 27.6. The molecule has 6 aromatic rings. The van der Waals surface area contributed by atoms with Crippen molar-refractivity contribution in [3.63, 3.8) is 0 Å². The summed E-state index contributed by atoms with van der Waals surface area (Å²) in [5, 5.41) is 11.5. The molecule has 0 aliphatic heterocycles. The molecule has 0 saturated heterocycles. The zero-order chi connectivity index (χ0) is 30.9. The molecule has 0 amide bonds. The van der Waals surface area contributed by atoms with Gasteiger partial charge in [0, 0.05) is 42.4 Å². The highest BCUT2D eigenvalue weighted by atomic mass is 32.1. The van der Waals surface area contributed by atoms with Crippen molar-refractivity contribution in [2.45, 2.75) is 47.0 Å². The molecule has 0 fully saturated rings. The van der Waals surface area contributed by atoms with Crippen LogP contribution in [0.1, 0.15) is 58.2 Å². The number of hydrogen-bond donors (Lipinski definition) is 0. The third-order valence-electron chi connectivity index (χ3n) is 8.35. The first-order valence-electron chi connectivity index (χ1n) is 15.4. The van der Waals surface area contributed by atoms with Gasteiger partial charge in [-0.05, 0) is 141 Å². The smallest absolute Gasteiger partial charge is 0.0858 e. The Kier molecular flexibility index (Phi) is 8.09. The van der Waals surface area contributed by atoms with E-state index in [0.717, 1.165) is 41.2 Å². The van der Waals surface area contributed by atoms with Gasteiger partial charge in [-0.1, -0.05) is 24.3 Å². The molecular formula is C39H34N4S2. The summed E-state index contributed by atoms with van der Waals surface area (Å²) in [6.45, 7) is 8.67. The average molecular weight is 623 g/mol. The van der Waals surface area contributed by atoms with Gasteiger partial charge in [-0.15, -0.1) is 22.7 Å². The number of hydrogen-bond acceptors (Lipinski definition) is 6. The lowest BCUT2D eigenvalue weighted by molar-refractivity contribution is 0.942. The first-order chi connectivity index (χ1) is 22.0. The van der Waals surface area contributed by atoms with Gasteiger partial charge < -0.3 is 0 Å². The molecule has 0 spiro atoms. The first kappa shape index (κ1) is 29.2. The van der Waals surface area contributed by atoms with Crippen molar-refractivity contribution < 1.29 is 0 Å². The Balaban J connectivity index is 1.12. The normalized spacial score (nSPS) is 14.0. The maximum absolute atomic E-state index is 4.75. The van der Waals surface area contributed by atoms with Gasteiger partial charge in [-0.25, -0.2) is 0 Å². The summed E-state index contributed by atoms with van der Waals surface area (Å²) in [4.78, 5) is 11.9. The number of thiophene rings is 2. The molecule has 6 heteroatoms. The number of nitrogens with zero attached hydrogens (tertiary/aromatic N) is 4. The van der Waals surface area contributed by atoms with E-state index in [2.05, 4.69) is 72.4 Å². The Bertz CT molecular complexity index is 2160. The van der Waals surface area contributed by atoms with E-state index >= 15 is 0 Å². The van der Waals surface area contributed by atoms with Crippen molar-refractivity contribution in [1.82, 2.24) is 0 Å². The SMILES string of the molecule is CC=Nc1ccc(N=Nc2ccc(N=Cc3ccc4c(C5=C(c6c(C)sc7cc(C)ccc67)CCC5)c(C)sc4c3)cc2)cc1. The van der Waals surface area contributed by atoms with Crippen LogP contribution in [0.3, 0.4) is 0 Å². The van der Waals surface area contributed by atoms with Gasteiger partial charge in [0.25, 0.3) is 0 Å². The maximum atomic E-state index is 4.75. The molecule has 2 heterocycles. The minimum absolute atomic E-state index is 0.786. The molecule has 4 aromatic carbocycles. The Hall–Kier alpha value is -4.52. The Labute approximate surface area is 272 Å². The van der Waals surface area contributed by atoms with E-state index in [-0.39, 0.29) is 0 Å². The quantitative estimate of drug-likeness (QED) is 0.126. The minimum atomic E-state index is 0.786. The molecule has 4 nitrogen and oxygen atoms in total. The molecule has 0 N–H and O–H groups in total. The zero-order valence-electron chi connectivity index (χ0n) is 26.0. The largest absolute Gasteiger partial charge is 0.262 e. The monoisotopic (exact) mass is 622 g/mol. The number of aliphatic imine (C=N–C) groups is 2. The van der Waals surface area contributed by atoms with Crippen LogP contribution >= 0.6 is 22.7 Å². The van der Waals surface area contributed by atoms with E-state index in [9.17, 15) is 0 Å². The topological polar surface area (TPSA) is 49.4 Å². The maximum Gasteiger partial charge on any atom is 0.0858 e. The second-order valence-corrected chi connectivity index (χ2v) is 14.0. The van der Waals surface area contributed by atoms with Gasteiger partial charge in [0.1, 0.15) is 0 Å². The molecule has 0 unspecified atom stereocenters. The standard InChI is InChI=1S/C39H34N4S2/c1-5-40-28-11-15-30(16-12-28)42-43-31-17-13-29(14-18-31)41-23-27-10-20-35-37(22-27)45-26(4)39(35)33-8-6-7-32(33)38-25(3)44-36-21-24(2)9-19-34(36)38/h5,9-23H,6-8H2,1-4H3. The summed E-state index contributed by atoms with van der Waals surface area (Å²) < 4.78 is 2.72. The second kappa shape index (κ2) is 12.5. The van der Waals surface area contributed by atoms with Crippen molar-refractivity contribution in [2.24, 2.45) is 20.2 Å². The van der Waals surface area contributed by atoms with Gasteiger partial charge in [-0.2, -0.15) is 10.2 Å². The summed E-state index contributed by atoms with van der Waals surface area (Å²) in [7, 11) is 0. The number of aryl methyl sites for hydroxylation is 3. The molecule has 0 bridgehead atoms. The highest BCUT2D eigenvalue weighted by Crippen LogP contribution is 2.49. The van der Waals surface area contributed by atoms with Crippen LogP contribution in [0.5, 0.6) is 0 Å². The van der Waals surface area contributed by atoms with Crippen LogP contribution < -0.4 is 0 Å². The van der Waals surface area contributed by atoms with E-state index in [1.165, 1.54) is 53.0 Å². The van der Waals surface area contributed by atoms with Gasteiger partial charge in [0.15, 0.2) is 0 Å². The lowest BCUT2D eigenvalue weighted by atomic mass is 9.93. The molecule has 0 radical (unpaired) electrons. The molecule has 0 atom stereocenters. The lowest BCUT2D eigenvalue weighted by Gasteiger charge is -2.10. The number of rotatable bonds is 7.